The highest BCUT2D eigenvalue weighted by Crippen LogP contribution is 2.39. The van der Waals surface area contributed by atoms with Crippen molar-refractivity contribution in [2.24, 2.45) is 0 Å². The van der Waals surface area contributed by atoms with Gasteiger partial charge in [-0.05, 0) is 36.2 Å². The summed E-state index contributed by atoms with van der Waals surface area (Å²) in [4.78, 5) is 0. The van der Waals surface area contributed by atoms with E-state index in [2.05, 4.69) is 40.6 Å². The first-order chi connectivity index (χ1) is 11.1. The number of fused-ring (bicyclic) bond motifs is 3. The maximum absolute atomic E-state index is 13.3. The van der Waals surface area contributed by atoms with Crippen LogP contribution in [-0.2, 0) is 13.0 Å². The van der Waals surface area contributed by atoms with Gasteiger partial charge in [0.15, 0.2) is 17.5 Å². The van der Waals surface area contributed by atoms with Crippen molar-refractivity contribution in [3.05, 3.63) is 70.3 Å². The van der Waals surface area contributed by atoms with Crippen molar-refractivity contribution in [2.45, 2.75) is 19.9 Å². The molecule has 1 aliphatic rings. The van der Waals surface area contributed by atoms with Crippen molar-refractivity contribution >= 4 is 5.82 Å². The van der Waals surface area contributed by atoms with Crippen LogP contribution in [0.3, 0.4) is 0 Å². The molecule has 0 saturated carbocycles. The Morgan fingerprint density at radius 2 is 2.00 bits per heavy atom. The number of benzene rings is 2. The number of aryl methyl sites for hydroxylation is 1. The van der Waals surface area contributed by atoms with Gasteiger partial charge < -0.3 is 5.32 Å². The molecule has 0 aliphatic heterocycles. The number of nitrogens with one attached hydrogen (secondary N) is 2. The van der Waals surface area contributed by atoms with Crippen LogP contribution < -0.4 is 5.32 Å². The number of aromatic amines is 1. The highest BCUT2D eigenvalue weighted by atomic mass is 19.2. The summed E-state index contributed by atoms with van der Waals surface area (Å²) in [6.45, 7) is 2.46. The summed E-state index contributed by atoms with van der Waals surface area (Å²) in [5.74, 6) is -0.904. The molecule has 0 unspecified atom stereocenters. The Morgan fingerprint density at radius 3 is 2.83 bits per heavy atom. The second-order valence-corrected chi connectivity index (χ2v) is 5.87. The lowest BCUT2D eigenvalue weighted by Crippen LogP contribution is -2.02. The lowest BCUT2D eigenvalue weighted by Gasteiger charge is -2.05. The van der Waals surface area contributed by atoms with Crippen LogP contribution in [0.5, 0.6) is 0 Å². The van der Waals surface area contributed by atoms with Gasteiger partial charge in [0, 0.05) is 24.1 Å². The average molecular weight is 311 g/mol. The van der Waals surface area contributed by atoms with Gasteiger partial charge in [-0.2, -0.15) is 5.10 Å². The molecule has 5 heteroatoms. The fourth-order valence-electron chi connectivity index (χ4n) is 3.01. The SMILES string of the molecule is Cc1ccc2c(c1)-c1[nH]nc(NCc3ccc(F)c(F)c3)c1C2. The minimum Gasteiger partial charge on any atom is -0.364 e. The van der Waals surface area contributed by atoms with Gasteiger partial charge >= 0.3 is 0 Å². The van der Waals surface area contributed by atoms with Gasteiger partial charge in [-0.25, -0.2) is 8.78 Å². The third-order valence-corrected chi connectivity index (χ3v) is 4.21. The van der Waals surface area contributed by atoms with E-state index in [0.29, 0.717) is 12.1 Å². The topological polar surface area (TPSA) is 40.7 Å². The molecule has 116 valence electrons. The molecule has 2 N–H and O–H groups in total. The Kier molecular flexibility index (Phi) is 3.15. The second kappa shape index (κ2) is 5.19. The first-order valence-electron chi connectivity index (χ1n) is 7.47. The molecule has 0 radical (unpaired) electrons. The zero-order valence-corrected chi connectivity index (χ0v) is 12.6. The zero-order valence-electron chi connectivity index (χ0n) is 12.6. The maximum Gasteiger partial charge on any atom is 0.159 e. The number of anilines is 1. The maximum atomic E-state index is 13.3. The molecule has 2 aromatic carbocycles. The summed E-state index contributed by atoms with van der Waals surface area (Å²) < 4.78 is 26.2. The smallest absolute Gasteiger partial charge is 0.159 e. The van der Waals surface area contributed by atoms with Crippen LogP contribution in [0.25, 0.3) is 11.3 Å². The predicted molar refractivity (Wildman–Crippen MR) is 85.3 cm³/mol. The van der Waals surface area contributed by atoms with Gasteiger partial charge in [-0.1, -0.05) is 23.8 Å². The Labute approximate surface area is 132 Å². The van der Waals surface area contributed by atoms with E-state index in [9.17, 15) is 8.78 Å². The van der Waals surface area contributed by atoms with E-state index in [1.807, 2.05) is 0 Å². The van der Waals surface area contributed by atoms with Crippen molar-refractivity contribution < 1.29 is 8.78 Å². The molecule has 3 aromatic rings. The third-order valence-electron chi connectivity index (χ3n) is 4.21. The van der Waals surface area contributed by atoms with Crippen molar-refractivity contribution in [3.63, 3.8) is 0 Å². The first-order valence-corrected chi connectivity index (χ1v) is 7.47. The lowest BCUT2D eigenvalue weighted by molar-refractivity contribution is 0.507. The molecular formula is C18H15F2N3. The monoisotopic (exact) mass is 311 g/mol. The summed E-state index contributed by atoms with van der Waals surface area (Å²) in [6, 6.07) is 10.3. The largest absolute Gasteiger partial charge is 0.364 e. The molecule has 1 aliphatic carbocycles. The molecule has 0 bridgehead atoms. The van der Waals surface area contributed by atoms with E-state index in [-0.39, 0.29) is 0 Å². The van der Waals surface area contributed by atoms with Crippen LogP contribution in [0.2, 0.25) is 0 Å². The summed E-state index contributed by atoms with van der Waals surface area (Å²) in [6.07, 6.45) is 0.821. The number of hydrogen-bond acceptors (Lipinski definition) is 2. The first kappa shape index (κ1) is 13.9. The van der Waals surface area contributed by atoms with E-state index in [0.717, 1.165) is 29.6 Å². The normalized spacial score (nSPS) is 12.1. The fraction of sp³-hybridized carbons (Fsp3) is 0.167. The Morgan fingerprint density at radius 1 is 1.13 bits per heavy atom. The molecule has 0 atom stereocenters. The van der Waals surface area contributed by atoms with Crippen molar-refractivity contribution in [3.8, 4) is 11.3 Å². The van der Waals surface area contributed by atoms with E-state index in [1.165, 1.54) is 22.8 Å². The molecule has 23 heavy (non-hydrogen) atoms. The van der Waals surface area contributed by atoms with Gasteiger partial charge in [-0.3, -0.25) is 5.10 Å². The minimum absolute atomic E-state index is 0.393. The number of hydrogen-bond donors (Lipinski definition) is 2. The lowest BCUT2D eigenvalue weighted by atomic mass is 10.1. The molecule has 0 saturated heterocycles. The molecule has 1 aromatic heterocycles. The molecule has 3 nitrogen and oxygen atoms in total. The van der Waals surface area contributed by atoms with Crippen LogP contribution in [-0.4, -0.2) is 10.2 Å². The van der Waals surface area contributed by atoms with Crippen LogP contribution in [0.4, 0.5) is 14.6 Å². The van der Waals surface area contributed by atoms with E-state index in [1.54, 1.807) is 6.07 Å². The molecule has 0 amide bonds. The summed E-state index contributed by atoms with van der Waals surface area (Å²) in [5.41, 5.74) is 6.50. The predicted octanol–water partition coefficient (Wildman–Crippen LogP) is 4.18. The van der Waals surface area contributed by atoms with Crippen molar-refractivity contribution in [2.75, 3.05) is 5.32 Å². The fourth-order valence-corrected chi connectivity index (χ4v) is 3.01. The zero-order chi connectivity index (χ0) is 16.0. The number of aromatic nitrogens is 2. The van der Waals surface area contributed by atoms with E-state index < -0.39 is 11.6 Å². The van der Waals surface area contributed by atoms with Gasteiger partial charge in [0.05, 0.1) is 5.69 Å². The summed E-state index contributed by atoms with van der Waals surface area (Å²) >= 11 is 0. The van der Waals surface area contributed by atoms with Gasteiger partial charge in [0.2, 0.25) is 0 Å². The van der Waals surface area contributed by atoms with E-state index >= 15 is 0 Å². The average Bonchev–Trinajstić information content (AvgIpc) is 3.08. The summed E-state index contributed by atoms with van der Waals surface area (Å²) in [7, 11) is 0. The van der Waals surface area contributed by atoms with Gasteiger partial charge in [0.1, 0.15) is 0 Å². The van der Waals surface area contributed by atoms with Crippen molar-refractivity contribution in [1.82, 2.24) is 10.2 Å². The highest BCUT2D eigenvalue weighted by molar-refractivity contribution is 5.78. The number of nitrogens with zero attached hydrogens (tertiary/aromatic N) is 1. The highest BCUT2D eigenvalue weighted by Gasteiger charge is 2.24. The molecule has 0 fully saturated rings. The van der Waals surface area contributed by atoms with Crippen LogP contribution in [0, 0.1) is 18.6 Å². The van der Waals surface area contributed by atoms with Crippen LogP contribution in [0.15, 0.2) is 36.4 Å². The third kappa shape index (κ3) is 2.38. The summed E-state index contributed by atoms with van der Waals surface area (Å²) in [5, 5.41) is 10.6. The standard InChI is InChI=1S/C18H15F2N3/c1-10-2-4-12-8-14-17(13(12)6-10)22-23-18(14)21-9-11-3-5-15(19)16(20)7-11/h2-7H,8-9H2,1H3,(H2,21,22,23). The quantitative estimate of drug-likeness (QED) is 0.596. The Hall–Kier alpha value is -2.69. The number of halogens is 2. The van der Waals surface area contributed by atoms with Gasteiger partial charge in [-0.15, -0.1) is 0 Å². The number of H-pyrrole nitrogens is 1. The van der Waals surface area contributed by atoms with Crippen molar-refractivity contribution in [1.29, 1.82) is 0 Å². The van der Waals surface area contributed by atoms with E-state index in [4.69, 9.17) is 0 Å². The molecule has 4 rings (SSSR count). The number of rotatable bonds is 3. The Balaban J connectivity index is 1.57. The minimum atomic E-state index is -0.834. The molecule has 0 spiro atoms. The molecule has 1 heterocycles. The molecular weight excluding hydrogens is 296 g/mol. The van der Waals surface area contributed by atoms with Gasteiger partial charge in [0.25, 0.3) is 0 Å². The second-order valence-electron chi connectivity index (χ2n) is 5.87. The Bertz CT molecular complexity index is 899. The van der Waals surface area contributed by atoms with Crippen LogP contribution >= 0.6 is 0 Å². The van der Waals surface area contributed by atoms with Crippen LogP contribution in [0.1, 0.15) is 22.3 Å².